The van der Waals surface area contributed by atoms with E-state index in [9.17, 15) is 4.79 Å². The molecule has 0 fully saturated rings. The SMILES string of the molecule is COc1ccccc1OCCN(C)C(=O)C(C)Sc1ccc(Cl)cc1. The summed E-state index contributed by atoms with van der Waals surface area (Å²) in [6, 6.07) is 14.9. The second kappa shape index (κ2) is 9.59. The van der Waals surface area contributed by atoms with Crippen molar-refractivity contribution in [1.82, 2.24) is 4.90 Å². The Balaban J connectivity index is 1.82. The number of rotatable bonds is 8. The van der Waals surface area contributed by atoms with Gasteiger partial charge in [-0.15, -0.1) is 11.8 Å². The van der Waals surface area contributed by atoms with Crippen molar-refractivity contribution in [2.45, 2.75) is 17.1 Å². The van der Waals surface area contributed by atoms with E-state index in [4.69, 9.17) is 21.1 Å². The Bertz CT molecular complexity index is 693. The third-order valence-electron chi connectivity index (χ3n) is 3.60. The molecule has 2 rings (SSSR count). The van der Waals surface area contributed by atoms with Crippen LogP contribution in [0.15, 0.2) is 53.4 Å². The molecule has 0 heterocycles. The van der Waals surface area contributed by atoms with E-state index >= 15 is 0 Å². The number of thioether (sulfide) groups is 1. The van der Waals surface area contributed by atoms with Gasteiger partial charge in [0.05, 0.1) is 18.9 Å². The lowest BCUT2D eigenvalue weighted by Gasteiger charge is -2.21. The summed E-state index contributed by atoms with van der Waals surface area (Å²) in [6.45, 7) is 2.81. The maximum Gasteiger partial charge on any atom is 0.235 e. The van der Waals surface area contributed by atoms with Gasteiger partial charge in [-0.3, -0.25) is 4.79 Å². The minimum absolute atomic E-state index is 0.0589. The molecule has 134 valence electrons. The first-order valence-electron chi connectivity index (χ1n) is 7.94. The molecule has 6 heteroatoms. The van der Waals surface area contributed by atoms with Crippen LogP contribution >= 0.6 is 23.4 Å². The summed E-state index contributed by atoms with van der Waals surface area (Å²) >= 11 is 7.40. The van der Waals surface area contributed by atoms with Crippen molar-refractivity contribution >= 4 is 29.3 Å². The van der Waals surface area contributed by atoms with Crippen molar-refractivity contribution in [2.24, 2.45) is 0 Å². The predicted octanol–water partition coefficient (Wildman–Crippen LogP) is 4.37. The molecule has 0 aliphatic carbocycles. The van der Waals surface area contributed by atoms with Crippen molar-refractivity contribution in [3.05, 3.63) is 53.6 Å². The average Bonchev–Trinajstić information content (AvgIpc) is 2.63. The highest BCUT2D eigenvalue weighted by atomic mass is 35.5. The molecule has 0 saturated carbocycles. The van der Waals surface area contributed by atoms with Gasteiger partial charge in [-0.25, -0.2) is 0 Å². The molecule has 2 aromatic carbocycles. The Morgan fingerprint density at radius 1 is 1.16 bits per heavy atom. The molecular formula is C19H22ClNO3S. The number of methoxy groups -OCH3 is 1. The maximum absolute atomic E-state index is 12.5. The van der Waals surface area contributed by atoms with Crippen LogP contribution < -0.4 is 9.47 Å². The number of carbonyl (C=O) groups excluding carboxylic acids is 1. The summed E-state index contributed by atoms with van der Waals surface area (Å²) in [5.41, 5.74) is 0. The Labute approximate surface area is 158 Å². The Morgan fingerprint density at radius 2 is 1.80 bits per heavy atom. The zero-order chi connectivity index (χ0) is 18.2. The van der Waals surface area contributed by atoms with E-state index in [1.54, 1.807) is 19.1 Å². The Kier molecular flexibility index (Phi) is 7.47. The van der Waals surface area contributed by atoms with E-state index in [0.717, 1.165) is 4.90 Å². The molecule has 0 N–H and O–H groups in total. The van der Waals surface area contributed by atoms with E-state index in [2.05, 4.69) is 0 Å². The number of ether oxygens (including phenoxy) is 2. The lowest BCUT2D eigenvalue weighted by molar-refractivity contribution is -0.129. The van der Waals surface area contributed by atoms with Crippen LogP contribution in [0.1, 0.15) is 6.92 Å². The van der Waals surface area contributed by atoms with Crippen molar-refractivity contribution in [2.75, 3.05) is 27.3 Å². The highest BCUT2D eigenvalue weighted by molar-refractivity contribution is 8.00. The number of benzene rings is 2. The summed E-state index contributed by atoms with van der Waals surface area (Å²) in [6.07, 6.45) is 0. The second-order valence-electron chi connectivity index (χ2n) is 5.47. The highest BCUT2D eigenvalue weighted by Crippen LogP contribution is 2.27. The lowest BCUT2D eigenvalue weighted by atomic mass is 10.3. The number of hydrogen-bond donors (Lipinski definition) is 0. The Morgan fingerprint density at radius 3 is 2.44 bits per heavy atom. The molecule has 1 unspecified atom stereocenters. The molecule has 25 heavy (non-hydrogen) atoms. The van der Waals surface area contributed by atoms with Crippen LogP contribution in [0.3, 0.4) is 0 Å². The van der Waals surface area contributed by atoms with Gasteiger partial charge in [0, 0.05) is 17.0 Å². The van der Waals surface area contributed by atoms with Gasteiger partial charge in [0.25, 0.3) is 0 Å². The fourth-order valence-corrected chi connectivity index (χ4v) is 3.33. The lowest BCUT2D eigenvalue weighted by Crippen LogP contribution is -2.36. The van der Waals surface area contributed by atoms with Gasteiger partial charge in [0.1, 0.15) is 6.61 Å². The largest absolute Gasteiger partial charge is 0.493 e. The van der Waals surface area contributed by atoms with Gasteiger partial charge in [0.15, 0.2) is 11.5 Å². The van der Waals surface area contributed by atoms with Gasteiger partial charge in [0.2, 0.25) is 5.91 Å². The van der Waals surface area contributed by atoms with E-state index < -0.39 is 0 Å². The smallest absolute Gasteiger partial charge is 0.235 e. The minimum atomic E-state index is -0.183. The van der Waals surface area contributed by atoms with E-state index in [0.29, 0.717) is 29.7 Å². The molecule has 4 nitrogen and oxygen atoms in total. The fraction of sp³-hybridized carbons (Fsp3) is 0.316. The van der Waals surface area contributed by atoms with Gasteiger partial charge < -0.3 is 14.4 Å². The van der Waals surface area contributed by atoms with E-state index in [-0.39, 0.29) is 11.2 Å². The van der Waals surface area contributed by atoms with Crippen LogP contribution in [0.2, 0.25) is 5.02 Å². The molecule has 2 aromatic rings. The fourth-order valence-electron chi connectivity index (χ4n) is 2.22. The van der Waals surface area contributed by atoms with Crippen molar-refractivity contribution < 1.29 is 14.3 Å². The molecule has 0 spiro atoms. The number of hydrogen-bond acceptors (Lipinski definition) is 4. The third kappa shape index (κ3) is 5.87. The molecule has 1 amide bonds. The van der Waals surface area contributed by atoms with Crippen molar-refractivity contribution in [1.29, 1.82) is 0 Å². The van der Waals surface area contributed by atoms with Gasteiger partial charge in [-0.2, -0.15) is 0 Å². The highest BCUT2D eigenvalue weighted by Gasteiger charge is 2.18. The summed E-state index contributed by atoms with van der Waals surface area (Å²) < 4.78 is 11.0. The number of amides is 1. The molecule has 1 atom stereocenters. The molecular weight excluding hydrogens is 358 g/mol. The topological polar surface area (TPSA) is 38.8 Å². The van der Waals surface area contributed by atoms with Crippen LogP contribution in [-0.4, -0.2) is 43.4 Å². The van der Waals surface area contributed by atoms with Crippen LogP contribution in [-0.2, 0) is 4.79 Å². The van der Waals surface area contributed by atoms with Crippen LogP contribution in [0.4, 0.5) is 0 Å². The average molecular weight is 380 g/mol. The molecule has 0 aliphatic heterocycles. The predicted molar refractivity (Wildman–Crippen MR) is 103 cm³/mol. The normalized spacial score (nSPS) is 11.7. The summed E-state index contributed by atoms with van der Waals surface area (Å²) in [4.78, 5) is 15.2. The van der Waals surface area contributed by atoms with Gasteiger partial charge >= 0.3 is 0 Å². The first-order chi connectivity index (χ1) is 12.0. The zero-order valence-corrected chi connectivity index (χ0v) is 16.1. The first-order valence-corrected chi connectivity index (χ1v) is 9.20. The summed E-state index contributed by atoms with van der Waals surface area (Å²) in [5.74, 6) is 1.42. The van der Waals surface area contributed by atoms with Crippen LogP contribution in [0, 0.1) is 0 Å². The van der Waals surface area contributed by atoms with Crippen molar-refractivity contribution in [3.63, 3.8) is 0 Å². The van der Waals surface area contributed by atoms with Crippen LogP contribution in [0.25, 0.3) is 0 Å². The summed E-state index contributed by atoms with van der Waals surface area (Å²) in [7, 11) is 3.39. The first kappa shape index (κ1) is 19.5. The Hall–Kier alpha value is -1.85. The number of para-hydroxylation sites is 2. The number of nitrogens with zero attached hydrogens (tertiary/aromatic N) is 1. The second-order valence-corrected chi connectivity index (χ2v) is 7.32. The number of halogens is 1. The quantitative estimate of drug-likeness (QED) is 0.638. The van der Waals surface area contributed by atoms with Gasteiger partial charge in [-0.1, -0.05) is 23.7 Å². The van der Waals surface area contributed by atoms with E-state index in [1.807, 2.05) is 55.5 Å². The standard InChI is InChI=1S/C19H22ClNO3S/c1-14(25-16-10-8-15(20)9-11-16)19(22)21(2)12-13-24-18-7-5-4-6-17(18)23-3/h4-11,14H,12-13H2,1-3H3. The molecule has 0 radical (unpaired) electrons. The number of carbonyl (C=O) groups is 1. The third-order valence-corrected chi connectivity index (χ3v) is 4.96. The van der Waals surface area contributed by atoms with E-state index in [1.165, 1.54) is 11.8 Å². The maximum atomic E-state index is 12.5. The van der Waals surface area contributed by atoms with Gasteiger partial charge in [-0.05, 0) is 43.3 Å². The van der Waals surface area contributed by atoms with Crippen LogP contribution in [0.5, 0.6) is 11.5 Å². The minimum Gasteiger partial charge on any atom is -0.493 e. The molecule has 0 bridgehead atoms. The summed E-state index contributed by atoms with van der Waals surface area (Å²) in [5, 5.41) is 0.506. The number of likely N-dealkylation sites (N-methyl/N-ethyl adjacent to an activating group) is 1. The van der Waals surface area contributed by atoms with Crippen molar-refractivity contribution in [3.8, 4) is 11.5 Å². The zero-order valence-electron chi connectivity index (χ0n) is 14.6. The molecule has 0 aliphatic rings. The molecule has 0 aromatic heterocycles. The molecule has 0 saturated heterocycles. The monoisotopic (exact) mass is 379 g/mol.